The number of likely N-dealkylation sites (tertiary alicyclic amines) is 1. The van der Waals surface area contributed by atoms with Crippen molar-refractivity contribution < 1.29 is 18.7 Å². The van der Waals surface area contributed by atoms with Crippen LogP contribution >= 0.6 is 0 Å². The van der Waals surface area contributed by atoms with Crippen molar-refractivity contribution in [3.05, 3.63) is 59.9 Å². The van der Waals surface area contributed by atoms with E-state index < -0.39 is 17.0 Å². The Morgan fingerprint density at radius 2 is 1.72 bits per heavy atom. The van der Waals surface area contributed by atoms with Gasteiger partial charge < -0.3 is 14.5 Å². The molecule has 0 bridgehead atoms. The third-order valence-corrected chi connectivity index (χ3v) is 6.15. The zero-order chi connectivity index (χ0) is 23.1. The van der Waals surface area contributed by atoms with Crippen molar-refractivity contribution in [1.82, 2.24) is 4.90 Å². The molecule has 2 heterocycles. The van der Waals surface area contributed by atoms with Gasteiger partial charge in [0.15, 0.2) is 0 Å². The molecule has 32 heavy (non-hydrogen) atoms. The summed E-state index contributed by atoms with van der Waals surface area (Å²) in [6.45, 7) is 8.38. The highest BCUT2D eigenvalue weighted by Crippen LogP contribution is 2.41. The van der Waals surface area contributed by atoms with Crippen molar-refractivity contribution in [1.29, 1.82) is 0 Å². The van der Waals surface area contributed by atoms with Gasteiger partial charge in [0.1, 0.15) is 17.0 Å². The van der Waals surface area contributed by atoms with E-state index in [-0.39, 0.29) is 24.4 Å². The minimum absolute atomic E-state index is 0.132. The molecule has 2 fully saturated rings. The number of benzene rings is 2. The van der Waals surface area contributed by atoms with Crippen LogP contribution in [0.4, 0.5) is 20.6 Å². The lowest BCUT2D eigenvalue weighted by molar-refractivity contribution is -0.123. The highest BCUT2D eigenvalue weighted by Gasteiger charge is 2.55. The molecule has 170 valence electrons. The molecule has 0 radical (unpaired) electrons. The lowest BCUT2D eigenvalue weighted by Gasteiger charge is -2.43. The third-order valence-electron chi connectivity index (χ3n) is 6.15. The highest BCUT2D eigenvalue weighted by atomic mass is 19.1. The lowest BCUT2D eigenvalue weighted by Crippen LogP contribution is -2.57. The summed E-state index contributed by atoms with van der Waals surface area (Å²) in [7, 11) is 0. The topological polar surface area (TPSA) is 53.1 Å². The number of piperidine rings is 1. The first kappa shape index (κ1) is 22.1. The first-order valence-corrected chi connectivity index (χ1v) is 11.0. The Kier molecular flexibility index (Phi) is 5.61. The summed E-state index contributed by atoms with van der Waals surface area (Å²) < 4.78 is 20.3. The van der Waals surface area contributed by atoms with Crippen molar-refractivity contribution in [2.24, 2.45) is 0 Å². The van der Waals surface area contributed by atoms with E-state index in [1.54, 1.807) is 11.0 Å². The Morgan fingerprint density at radius 3 is 2.31 bits per heavy atom. The van der Waals surface area contributed by atoms with Crippen LogP contribution < -0.4 is 9.80 Å². The Morgan fingerprint density at radius 1 is 1.06 bits per heavy atom. The molecule has 1 spiro atoms. The van der Waals surface area contributed by atoms with E-state index in [0.717, 1.165) is 11.3 Å². The number of ether oxygens (including phenoxy) is 1. The predicted molar refractivity (Wildman–Crippen MR) is 122 cm³/mol. The minimum Gasteiger partial charge on any atom is -0.444 e. The van der Waals surface area contributed by atoms with E-state index in [2.05, 4.69) is 4.90 Å². The van der Waals surface area contributed by atoms with Gasteiger partial charge in [-0.05, 0) is 70.4 Å². The molecule has 0 aliphatic carbocycles. The molecule has 4 rings (SSSR count). The SMILES string of the molecule is Cc1ccc(N2CN(c3ccccc3)C3(CCN(C(=O)OC(C)(C)C)CC3)C2=O)c(F)c1. The van der Waals surface area contributed by atoms with Crippen molar-refractivity contribution >= 4 is 23.4 Å². The average Bonchev–Trinajstić information content (AvgIpc) is 3.00. The summed E-state index contributed by atoms with van der Waals surface area (Å²) in [6.07, 6.45) is 0.527. The number of carbonyl (C=O) groups is 2. The number of amides is 2. The lowest BCUT2D eigenvalue weighted by atomic mass is 9.85. The van der Waals surface area contributed by atoms with Gasteiger partial charge in [-0.3, -0.25) is 9.69 Å². The number of hydrogen-bond donors (Lipinski definition) is 0. The van der Waals surface area contributed by atoms with Gasteiger partial charge in [-0.2, -0.15) is 0 Å². The summed E-state index contributed by atoms with van der Waals surface area (Å²) in [4.78, 5) is 31.6. The number of para-hydroxylation sites is 1. The van der Waals surface area contributed by atoms with Crippen LogP contribution in [0.2, 0.25) is 0 Å². The zero-order valence-electron chi connectivity index (χ0n) is 19.1. The summed E-state index contributed by atoms with van der Waals surface area (Å²) in [5.41, 5.74) is 0.579. The van der Waals surface area contributed by atoms with Gasteiger partial charge in [0.25, 0.3) is 5.91 Å². The second-order valence-electron chi connectivity index (χ2n) is 9.59. The van der Waals surface area contributed by atoms with Crippen LogP contribution in [0.25, 0.3) is 0 Å². The molecule has 0 atom stereocenters. The number of carbonyl (C=O) groups excluding carboxylic acids is 2. The first-order chi connectivity index (χ1) is 15.1. The molecule has 2 aliphatic heterocycles. The smallest absolute Gasteiger partial charge is 0.410 e. The number of hydrogen-bond acceptors (Lipinski definition) is 4. The van der Waals surface area contributed by atoms with E-state index in [4.69, 9.17) is 4.74 Å². The summed E-state index contributed by atoms with van der Waals surface area (Å²) in [5, 5.41) is 0. The van der Waals surface area contributed by atoms with Crippen LogP contribution in [-0.4, -0.2) is 47.8 Å². The fraction of sp³-hybridized carbons (Fsp3) is 0.440. The number of anilines is 2. The number of aryl methyl sites for hydroxylation is 1. The standard InChI is InChI=1S/C25H30FN3O3/c1-18-10-11-21(20(26)16-18)28-17-29(19-8-6-5-7-9-19)25(22(28)30)12-14-27(15-13-25)23(31)32-24(2,3)4/h5-11,16H,12-15,17H2,1-4H3. The van der Waals surface area contributed by atoms with Crippen molar-refractivity contribution in [2.45, 2.75) is 51.7 Å². The quantitative estimate of drug-likeness (QED) is 0.680. The van der Waals surface area contributed by atoms with Crippen LogP contribution in [0.1, 0.15) is 39.2 Å². The monoisotopic (exact) mass is 439 g/mol. The Bertz CT molecular complexity index is 1010. The summed E-state index contributed by atoms with van der Waals surface area (Å²) in [6, 6.07) is 14.6. The van der Waals surface area contributed by atoms with Gasteiger partial charge in [0.05, 0.1) is 12.4 Å². The second-order valence-corrected chi connectivity index (χ2v) is 9.59. The third kappa shape index (κ3) is 4.04. The summed E-state index contributed by atoms with van der Waals surface area (Å²) >= 11 is 0. The van der Waals surface area contributed by atoms with Gasteiger partial charge in [0.2, 0.25) is 0 Å². The molecule has 0 aromatic heterocycles. The molecule has 2 amide bonds. The van der Waals surface area contributed by atoms with Crippen LogP contribution in [0.3, 0.4) is 0 Å². The van der Waals surface area contributed by atoms with Crippen LogP contribution in [0, 0.1) is 12.7 Å². The van der Waals surface area contributed by atoms with Crippen molar-refractivity contribution in [3.63, 3.8) is 0 Å². The highest BCUT2D eigenvalue weighted by molar-refractivity contribution is 6.06. The minimum atomic E-state index is -0.836. The van der Waals surface area contributed by atoms with Gasteiger partial charge in [-0.25, -0.2) is 9.18 Å². The molecule has 2 saturated heterocycles. The molecular weight excluding hydrogens is 409 g/mol. The first-order valence-electron chi connectivity index (χ1n) is 11.0. The molecule has 0 saturated carbocycles. The molecule has 2 aromatic carbocycles. The Labute approximate surface area is 188 Å². The van der Waals surface area contributed by atoms with E-state index in [1.165, 1.54) is 11.0 Å². The molecule has 7 heteroatoms. The normalized spacial score (nSPS) is 18.4. The number of nitrogens with zero attached hydrogens (tertiary/aromatic N) is 3. The zero-order valence-corrected chi connectivity index (χ0v) is 19.1. The maximum absolute atomic E-state index is 14.8. The van der Waals surface area contributed by atoms with Crippen molar-refractivity contribution in [3.8, 4) is 0 Å². The fourth-order valence-electron chi connectivity index (χ4n) is 4.53. The Hall–Kier alpha value is -3.09. The Balaban J connectivity index is 1.64. The predicted octanol–water partition coefficient (Wildman–Crippen LogP) is 4.71. The summed E-state index contributed by atoms with van der Waals surface area (Å²) in [5.74, 6) is -0.539. The molecule has 0 unspecified atom stereocenters. The maximum atomic E-state index is 14.8. The molecule has 2 aliphatic rings. The largest absolute Gasteiger partial charge is 0.444 e. The van der Waals surface area contributed by atoms with Gasteiger partial charge >= 0.3 is 6.09 Å². The average molecular weight is 440 g/mol. The number of halogens is 1. The van der Waals surface area contributed by atoms with E-state index in [1.807, 2.05) is 64.1 Å². The molecule has 2 aromatic rings. The van der Waals surface area contributed by atoms with Crippen LogP contribution in [0.5, 0.6) is 0 Å². The van der Waals surface area contributed by atoms with E-state index >= 15 is 0 Å². The van der Waals surface area contributed by atoms with Gasteiger partial charge in [-0.15, -0.1) is 0 Å². The van der Waals surface area contributed by atoms with Crippen LogP contribution in [0.15, 0.2) is 48.5 Å². The van der Waals surface area contributed by atoms with Crippen LogP contribution in [-0.2, 0) is 9.53 Å². The van der Waals surface area contributed by atoms with Gasteiger partial charge in [-0.1, -0.05) is 24.3 Å². The molecular formula is C25H30FN3O3. The molecule has 0 N–H and O–H groups in total. The number of rotatable bonds is 2. The van der Waals surface area contributed by atoms with E-state index in [0.29, 0.717) is 25.9 Å². The fourth-order valence-corrected chi connectivity index (χ4v) is 4.53. The van der Waals surface area contributed by atoms with Gasteiger partial charge in [0, 0.05) is 18.8 Å². The van der Waals surface area contributed by atoms with Crippen molar-refractivity contribution in [2.75, 3.05) is 29.6 Å². The maximum Gasteiger partial charge on any atom is 0.410 e. The molecule has 6 nitrogen and oxygen atoms in total. The van der Waals surface area contributed by atoms with E-state index in [9.17, 15) is 14.0 Å². The second kappa shape index (κ2) is 8.11.